The number of pyridine rings is 1. The van der Waals surface area contributed by atoms with Crippen molar-refractivity contribution >= 4 is 29.0 Å². The maximum Gasteiger partial charge on any atom is 0.417 e. The minimum atomic E-state index is -4.58. The Hall–Kier alpha value is -3.58. The molecule has 0 bridgehead atoms. The number of alkyl halides is 3. The number of nitrogens with one attached hydrogen (secondary N) is 1. The lowest BCUT2D eigenvalue weighted by atomic mass is 10.2. The molecule has 30 heavy (non-hydrogen) atoms. The van der Waals surface area contributed by atoms with E-state index >= 15 is 0 Å². The second-order valence-electron chi connectivity index (χ2n) is 5.50. The largest absolute Gasteiger partial charge is 0.460 e. The van der Waals surface area contributed by atoms with Crippen molar-refractivity contribution in [2.24, 2.45) is 0 Å². The summed E-state index contributed by atoms with van der Waals surface area (Å²) < 4.78 is 47.8. The highest BCUT2D eigenvalue weighted by Crippen LogP contribution is 2.34. The van der Waals surface area contributed by atoms with Gasteiger partial charge in [0.05, 0.1) is 12.2 Å². The Kier molecular flexibility index (Phi) is 7.38. The number of anilines is 1. The van der Waals surface area contributed by atoms with Crippen LogP contribution < -0.4 is 10.1 Å². The normalized spacial score (nSPS) is 11.4. The minimum absolute atomic E-state index is 0.00399. The van der Waals surface area contributed by atoms with E-state index in [1.165, 1.54) is 31.2 Å². The molecule has 0 radical (unpaired) electrons. The number of aromatic nitrogens is 1. The molecule has 0 fully saturated rings. The van der Waals surface area contributed by atoms with Crippen LogP contribution in [0.2, 0.25) is 5.02 Å². The highest BCUT2D eigenvalue weighted by atomic mass is 35.5. The van der Waals surface area contributed by atoms with E-state index in [1.54, 1.807) is 6.07 Å². The first kappa shape index (κ1) is 22.7. The summed E-state index contributed by atoms with van der Waals surface area (Å²) in [5.74, 6) is -2.22. The quantitative estimate of drug-likeness (QED) is 0.293. The van der Waals surface area contributed by atoms with Crippen LogP contribution in [0.3, 0.4) is 0 Å². The molecule has 11 heteroatoms. The number of carbonyl (C=O) groups excluding carboxylic acids is 2. The fourth-order valence-corrected chi connectivity index (χ4v) is 2.20. The second-order valence-corrected chi connectivity index (χ2v) is 5.91. The molecular weight excluding hydrogens is 427 g/mol. The number of rotatable bonds is 7. The van der Waals surface area contributed by atoms with Gasteiger partial charge in [-0.05, 0) is 37.3 Å². The number of ketones is 1. The van der Waals surface area contributed by atoms with E-state index < -0.39 is 29.1 Å². The Morgan fingerprint density at radius 1 is 1.30 bits per heavy atom. The SMILES string of the molecule is CCOC(=O)C(=O)C(C#N)=CNc1ccc(Oc2ncc(C(F)(F)F)cc2Cl)cc1. The number of nitrogens with zero attached hydrogens (tertiary/aromatic N) is 2. The lowest BCUT2D eigenvalue weighted by Gasteiger charge is -2.10. The predicted molar refractivity (Wildman–Crippen MR) is 99.7 cm³/mol. The van der Waals surface area contributed by atoms with Crippen molar-refractivity contribution in [1.82, 2.24) is 4.98 Å². The number of Topliss-reactive ketones (excluding diaryl/α,β-unsaturated/α-hetero) is 1. The zero-order chi connectivity index (χ0) is 22.3. The molecule has 2 rings (SSSR count). The molecule has 0 aliphatic heterocycles. The molecule has 156 valence electrons. The van der Waals surface area contributed by atoms with Gasteiger partial charge < -0.3 is 14.8 Å². The van der Waals surface area contributed by atoms with Gasteiger partial charge in [-0.25, -0.2) is 9.78 Å². The van der Waals surface area contributed by atoms with Gasteiger partial charge in [0.25, 0.3) is 5.78 Å². The molecule has 0 atom stereocenters. The van der Waals surface area contributed by atoms with Crippen molar-refractivity contribution in [1.29, 1.82) is 5.26 Å². The standard InChI is InChI=1S/C19H13ClF3N3O4/c1-2-29-18(28)16(27)11(8-24)9-25-13-3-5-14(6-4-13)30-17-15(20)7-12(10-26-17)19(21,22)23/h3-7,9-10,25H,2H2,1H3. The van der Waals surface area contributed by atoms with Crippen LogP contribution in [0.4, 0.5) is 18.9 Å². The molecule has 0 spiro atoms. The van der Waals surface area contributed by atoms with Crippen molar-refractivity contribution in [3.05, 3.63) is 58.9 Å². The summed E-state index contributed by atoms with van der Waals surface area (Å²) in [6.07, 6.45) is -2.93. The first-order valence-electron chi connectivity index (χ1n) is 8.24. The summed E-state index contributed by atoms with van der Waals surface area (Å²) in [6.45, 7) is 1.52. The maximum absolute atomic E-state index is 12.6. The number of ether oxygens (including phenoxy) is 2. The average molecular weight is 440 g/mol. The first-order chi connectivity index (χ1) is 14.2. The number of hydrogen-bond donors (Lipinski definition) is 1. The van der Waals surface area contributed by atoms with E-state index in [0.717, 1.165) is 6.20 Å². The molecule has 0 saturated heterocycles. The maximum atomic E-state index is 12.6. The summed E-state index contributed by atoms with van der Waals surface area (Å²) in [5.41, 5.74) is -1.02. The number of esters is 1. The van der Waals surface area contributed by atoms with Gasteiger partial charge in [-0.3, -0.25) is 4.79 Å². The van der Waals surface area contributed by atoms with Crippen LogP contribution in [0.1, 0.15) is 12.5 Å². The molecule has 1 aromatic heterocycles. The molecular formula is C19H13ClF3N3O4. The Morgan fingerprint density at radius 3 is 2.50 bits per heavy atom. The third kappa shape index (κ3) is 5.96. The van der Waals surface area contributed by atoms with E-state index in [2.05, 4.69) is 15.0 Å². The predicted octanol–water partition coefficient (Wildman–Crippen LogP) is 4.50. The Bertz CT molecular complexity index is 1020. The first-order valence-corrected chi connectivity index (χ1v) is 8.62. The summed E-state index contributed by atoms with van der Waals surface area (Å²) >= 11 is 5.79. The van der Waals surface area contributed by atoms with Crippen LogP contribution >= 0.6 is 11.6 Å². The molecule has 0 unspecified atom stereocenters. The van der Waals surface area contributed by atoms with Gasteiger partial charge in [0.15, 0.2) is 0 Å². The molecule has 1 N–H and O–H groups in total. The Morgan fingerprint density at radius 2 is 1.97 bits per heavy atom. The van der Waals surface area contributed by atoms with E-state index in [0.29, 0.717) is 18.0 Å². The van der Waals surface area contributed by atoms with Gasteiger partial charge in [0.2, 0.25) is 5.88 Å². The molecule has 1 heterocycles. The summed E-state index contributed by atoms with van der Waals surface area (Å²) in [5, 5.41) is 11.3. The van der Waals surface area contributed by atoms with Crippen LogP contribution in [0.25, 0.3) is 0 Å². The zero-order valence-electron chi connectivity index (χ0n) is 15.3. The van der Waals surface area contributed by atoms with E-state index in [-0.39, 0.29) is 23.3 Å². The number of benzene rings is 1. The number of nitriles is 1. The Labute approximate surface area is 173 Å². The summed E-state index contributed by atoms with van der Waals surface area (Å²) in [4.78, 5) is 26.7. The highest BCUT2D eigenvalue weighted by molar-refractivity contribution is 6.41. The number of halogens is 4. The van der Waals surface area contributed by atoms with E-state index in [1.807, 2.05) is 0 Å². The molecule has 0 aliphatic carbocycles. The van der Waals surface area contributed by atoms with E-state index in [4.69, 9.17) is 21.6 Å². The van der Waals surface area contributed by atoms with Gasteiger partial charge in [-0.15, -0.1) is 0 Å². The summed E-state index contributed by atoms with van der Waals surface area (Å²) in [7, 11) is 0. The van der Waals surface area contributed by atoms with Crippen molar-refractivity contribution in [2.45, 2.75) is 13.1 Å². The minimum Gasteiger partial charge on any atom is -0.460 e. The third-order valence-corrected chi connectivity index (χ3v) is 3.68. The summed E-state index contributed by atoms with van der Waals surface area (Å²) in [6, 6.07) is 8.19. The molecule has 0 aliphatic rings. The van der Waals surface area contributed by atoms with Crippen molar-refractivity contribution < 1.29 is 32.2 Å². The zero-order valence-corrected chi connectivity index (χ0v) is 16.0. The van der Waals surface area contributed by atoms with Crippen LogP contribution in [-0.2, 0) is 20.5 Å². The molecule has 7 nitrogen and oxygen atoms in total. The topological polar surface area (TPSA) is 101 Å². The van der Waals surface area contributed by atoms with E-state index in [9.17, 15) is 22.8 Å². The van der Waals surface area contributed by atoms with Crippen molar-refractivity contribution in [3.63, 3.8) is 0 Å². The molecule has 0 saturated carbocycles. The molecule has 0 amide bonds. The van der Waals surface area contributed by atoms with Gasteiger partial charge in [0, 0.05) is 18.1 Å². The third-order valence-electron chi connectivity index (χ3n) is 3.41. The van der Waals surface area contributed by atoms with Gasteiger partial charge in [-0.2, -0.15) is 18.4 Å². The fraction of sp³-hybridized carbons (Fsp3) is 0.158. The van der Waals surface area contributed by atoms with Crippen LogP contribution in [0.5, 0.6) is 11.6 Å². The fourth-order valence-electron chi connectivity index (χ4n) is 2.00. The lowest BCUT2D eigenvalue weighted by Crippen LogP contribution is -2.19. The van der Waals surface area contributed by atoms with Gasteiger partial charge >= 0.3 is 12.1 Å². The van der Waals surface area contributed by atoms with Crippen LogP contribution in [-0.4, -0.2) is 23.3 Å². The lowest BCUT2D eigenvalue weighted by molar-refractivity contribution is -0.151. The van der Waals surface area contributed by atoms with Crippen molar-refractivity contribution in [2.75, 3.05) is 11.9 Å². The number of carbonyl (C=O) groups is 2. The second kappa shape index (κ2) is 9.76. The molecule has 2 aromatic rings. The highest BCUT2D eigenvalue weighted by Gasteiger charge is 2.31. The Balaban J connectivity index is 2.07. The van der Waals surface area contributed by atoms with Gasteiger partial charge in [0.1, 0.15) is 22.4 Å². The van der Waals surface area contributed by atoms with Crippen molar-refractivity contribution in [3.8, 4) is 17.7 Å². The smallest absolute Gasteiger partial charge is 0.417 e. The van der Waals surface area contributed by atoms with Crippen LogP contribution in [0, 0.1) is 11.3 Å². The van der Waals surface area contributed by atoms with Crippen LogP contribution in [0.15, 0.2) is 48.3 Å². The number of hydrogen-bond acceptors (Lipinski definition) is 7. The molecule has 1 aromatic carbocycles. The van der Waals surface area contributed by atoms with Gasteiger partial charge in [-0.1, -0.05) is 11.6 Å². The average Bonchev–Trinajstić information content (AvgIpc) is 2.70. The monoisotopic (exact) mass is 439 g/mol.